The maximum Gasteiger partial charge on any atom is 0.338 e. The summed E-state index contributed by atoms with van der Waals surface area (Å²) in [5, 5.41) is 11.2. The Bertz CT molecular complexity index is 1880. The molecule has 3 heterocycles. The first-order valence-corrected chi connectivity index (χ1v) is 13.3. The zero-order chi connectivity index (χ0) is 29.3. The Hall–Kier alpha value is -4.97. The minimum atomic E-state index is -0.829. The van der Waals surface area contributed by atoms with E-state index in [0.717, 1.165) is 11.3 Å². The molecule has 0 fully saturated rings. The summed E-state index contributed by atoms with van der Waals surface area (Å²) in [6.07, 6.45) is 1.58. The first-order valence-electron chi connectivity index (χ1n) is 12.5. The van der Waals surface area contributed by atoms with Crippen molar-refractivity contribution in [3.8, 4) is 22.8 Å². The maximum absolute atomic E-state index is 13.8. The van der Waals surface area contributed by atoms with Crippen LogP contribution in [0.25, 0.3) is 17.4 Å². The van der Waals surface area contributed by atoms with E-state index in [9.17, 15) is 19.7 Å². The second-order valence-corrected chi connectivity index (χ2v) is 9.94. The normalized spacial score (nSPS) is 14.8. The number of thiazole rings is 1. The number of benzene rings is 2. The van der Waals surface area contributed by atoms with Crippen molar-refractivity contribution in [1.29, 1.82) is 0 Å². The number of nitrogens with zero attached hydrogens (tertiary/aromatic N) is 3. The van der Waals surface area contributed by atoms with E-state index in [2.05, 4.69) is 4.99 Å². The molecule has 0 saturated heterocycles. The van der Waals surface area contributed by atoms with Gasteiger partial charge in [0.2, 0.25) is 0 Å². The van der Waals surface area contributed by atoms with Gasteiger partial charge < -0.3 is 18.6 Å². The summed E-state index contributed by atoms with van der Waals surface area (Å²) in [5.74, 6) is 1.15. The van der Waals surface area contributed by atoms with Crippen LogP contribution in [0.2, 0.25) is 0 Å². The second kappa shape index (κ2) is 11.3. The van der Waals surface area contributed by atoms with Crippen LogP contribution < -0.4 is 24.4 Å². The molecule has 0 amide bonds. The first kappa shape index (κ1) is 27.6. The fourth-order valence-corrected chi connectivity index (χ4v) is 5.64. The monoisotopic (exact) mass is 575 g/mol. The molecule has 4 aromatic rings. The minimum Gasteiger partial charge on any atom is -0.493 e. The third-order valence-corrected chi connectivity index (χ3v) is 7.46. The van der Waals surface area contributed by atoms with Gasteiger partial charge in [-0.25, -0.2) is 9.79 Å². The topological polar surface area (TPSA) is 135 Å². The Kier molecular flexibility index (Phi) is 7.58. The van der Waals surface area contributed by atoms with Gasteiger partial charge in [0.25, 0.3) is 11.2 Å². The molecule has 1 aliphatic heterocycles. The van der Waals surface area contributed by atoms with E-state index >= 15 is 0 Å². The van der Waals surface area contributed by atoms with Crippen LogP contribution in [0.4, 0.5) is 5.69 Å². The fourth-order valence-electron chi connectivity index (χ4n) is 4.62. The van der Waals surface area contributed by atoms with Crippen LogP contribution in [0.3, 0.4) is 0 Å². The van der Waals surface area contributed by atoms with Crippen LogP contribution in [-0.4, -0.2) is 36.3 Å². The number of methoxy groups -OCH3 is 2. The molecule has 0 spiro atoms. The minimum absolute atomic E-state index is 0.0586. The molecule has 11 nitrogen and oxygen atoms in total. The Morgan fingerprint density at radius 3 is 2.63 bits per heavy atom. The number of aromatic nitrogens is 1. The van der Waals surface area contributed by atoms with Crippen LogP contribution in [0.1, 0.15) is 31.2 Å². The van der Waals surface area contributed by atoms with Crippen molar-refractivity contribution >= 4 is 29.1 Å². The summed E-state index contributed by atoms with van der Waals surface area (Å²) < 4.78 is 23.9. The van der Waals surface area contributed by atoms with E-state index in [1.807, 2.05) is 0 Å². The van der Waals surface area contributed by atoms with Gasteiger partial charge in [-0.15, -0.1) is 0 Å². The molecule has 5 rings (SSSR count). The van der Waals surface area contributed by atoms with Gasteiger partial charge in [0, 0.05) is 23.8 Å². The molecule has 12 heteroatoms. The van der Waals surface area contributed by atoms with Crippen LogP contribution >= 0.6 is 11.3 Å². The summed E-state index contributed by atoms with van der Waals surface area (Å²) in [4.78, 5) is 42.6. The van der Waals surface area contributed by atoms with E-state index < -0.39 is 16.9 Å². The molecule has 2 aromatic carbocycles. The van der Waals surface area contributed by atoms with Gasteiger partial charge in [-0.05, 0) is 43.7 Å². The van der Waals surface area contributed by atoms with Gasteiger partial charge in [-0.3, -0.25) is 19.5 Å². The molecule has 0 N–H and O–H groups in total. The largest absolute Gasteiger partial charge is 0.493 e. The van der Waals surface area contributed by atoms with Crippen molar-refractivity contribution in [1.82, 2.24) is 4.57 Å². The second-order valence-electron chi connectivity index (χ2n) is 8.93. The third kappa shape index (κ3) is 5.16. The molecule has 2 aromatic heterocycles. The summed E-state index contributed by atoms with van der Waals surface area (Å²) >= 11 is 1.15. The number of esters is 1. The SMILES string of the molecule is CCOC(=O)C1=C(C)N=c2s/c(=C\c3ccc(-c4cccc([N+](=O)[O-])c4)o3)c(=O)n2[C@H]1c1ccc(OC)c(OC)c1. The Morgan fingerprint density at radius 1 is 1.15 bits per heavy atom. The van der Waals surface area contributed by atoms with E-state index in [-0.39, 0.29) is 23.4 Å². The number of carbonyl (C=O) groups is 1. The molecule has 210 valence electrons. The zero-order valence-corrected chi connectivity index (χ0v) is 23.4. The van der Waals surface area contributed by atoms with Crippen LogP contribution in [0.15, 0.2) is 80.1 Å². The first-order chi connectivity index (χ1) is 19.7. The van der Waals surface area contributed by atoms with Crippen LogP contribution in [0, 0.1) is 10.1 Å². The van der Waals surface area contributed by atoms with Crippen LogP contribution in [-0.2, 0) is 9.53 Å². The number of nitro benzene ring substituents is 1. The quantitative estimate of drug-likeness (QED) is 0.175. The number of carbonyl (C=O) groups excluding carboxylic acids is 1. The number of rotatable bonds is 8. The summed E-state index contributed by atoms with van der Waals surface area (Å²) in [7, 11) is 3.03. The molecule has 0 aliphatic carbocycles. The van der Waals surface area contributed by atoms with E-state index in [0.29, 0.717) is 49.2 Å². The maximum atomic E-state index is 13.8. The lowest BCUT2D eigenvalue weighted by Gasteiger charge is -2.25. The average Bonchev–Trinajstić information content (AvgIpc) is 3.56. The van der Waals surface area contributed by atoms with Gasteiger partial charge >= 0.3 is 5.97 Å². The molecular weight excluding hydrogens is 550 g/mol. The fraction of sp³-hybridized carbons (Fsp3) is 0.207. The highest BCUT2D eigenvalue weighted by molar-refractivity contribution is 7.07. The summed E-state index contributed by atoms with van der Waals surface area (Å²) in [5.41, 5.74) is 1.38. The average molecular weight is 576 g/mol. The predicted octanol–water partition coefficient (Wildman–Crippen LogP) is 3.98. The van der Waals surface area contributed by atoms with Gasteiger partial charge in [0.05, 0.1) is 47.6 Å². The van der Waals surface area contributed by atoms with Crippen molar-refractivity contribution < 1.29 is 28.3 Å². The molecule has 0 saturated carbocycles. The van der Waals surface area contributed by atoms with E-state index in [4.69, 9.17) is 18.6 Å². The Morgan fingerprint density at radius 2 is 1.93 bits per heavy atom. The molecule has 1 atom stereocenters. The van der Waals surface area contributed by atoms with Crippen molar-refractivity contribution in [2.45, 2.75) is 19.9 Å². The van der Waals surface area contributed by atoms with Crippen LogP contribution in [0.5, 0.6) is 11.5 Å². The number of furan rings is 1. The standard InChI is InChI=1S/C29H25N3O8S/c1-5-39-28(34)25-16(2)30-29-31(26(25)18-9-11-22(37-3)23(14-18)38-4)27(33)24(41-29)15-20-10-12-21(40-20)17-7-6-8-19(13-17)32(35)36/h6-15,26H,5H2,1-4H3/b24-15-/t26-/m0/s1. The lowest BCUT2D eigenvalue weighted by atomic mass is 9.95. The number of allylic oxidation sites excluding steroid dienone is 1. The molecule has 1 aliphatic rings. The summed E-state index contributed by atoms with van der Waals surface area (Å²) in [6.45, 7) is 3.57. The molecule has 0 radical (unpaired) electrons. The number of ether oxygens (including phenoxy) is 3. The van der Waals surface area contributed by atoms with Gasteiger partial charge in [0.15, 0.2) is 16.3 Å². The molecular formula is C29H25N3O8S. The Balaban J connectivity index is 1.64. The van der Waals surface area contributed by atoms with Crippen molar-refractivity contribution in [3.63, 3.8) is 0 Å². The molecule has 0 bridgehead atoms. The number of non-ortho nitro benzene ring substituents is 1. The highest BCUT2D eigenvalue weighted by Crippen LogP contribution is 2.36. The lowest BCUT2D eigenvalue weighted by molar-refractivity contribution is -0.384. The van der Waals surface area contributed by atoms with Crippen molar-refractivity contribution in [2.75, 3.05) is 20.8 Å². The number of hydrogen-bond donors (Lipinski definition) is 0. The van der Waals surface area contributed by atoms with Gasteiger partial charge in [0.1, 0.15) is 11.5 Å². The van der Waals surface area contributed by atoms with Gasteiger partial charge in [-0.2, -0.15) is 0 Å². The summed E-state index contributed by atoms with van der Waals surface area (Å²) in [6, 6.07) is 13.8. The number of fused-ring (bicyclic) bond motifs is 1. The highest BCUT2D eigenvalue weighted by atomic mass is 32.1. The predicted molar refractivity (Wildman–Crippen MR) is 151 cm³/mol. The van der Waals surface area contributed by atoms with E-state index in [1.54, 1.807) is 62.4 Å². The molecule has 41 heavy (non-hydrogen) atoms. The zero-order valence-electron chi connectivity index (χ0n) is 22.6. The molecule has 0 unspecified atom stereocenters. The smallest absolute Gasteiger partial charge is 0.338 e. The lowest BCUT2D eigenvalue weighted by Crippen LogP contribution is -2.39. The number of hydrogen-bond acceptors (Lipinski definition) is 10. The van der Waals surface area contributed by atoms with Crippen molar-refractivity contribution in [2.24, 2.45) is 4.99 Å². The number of nitro groups is 1. The highest BCUT2D eigenvalue weighted by Gasteiger charge is 2.34. The van der Waals surface area contributed by atoms with Crippen molar-refractivity contribution in [3.05, 3.63) is 107 Å². The third-order valence-electron chi connectivity index (χ3n) is 6.48. The van der Waals surface area contributed by atoms with Gasteiger partial charge in [-0.1, -0.05) is 29.5 Å². The Labute approximate surface area is 237 Å². The van der Waals surface area contributed by atoms with E-state index in [1.165, 1.54) is 30.9 Å².